The van der Waals surface area contributed by atoms with Crippen molar-refractivity contribution >= 4 is 23.2 Å². The third kappa shape index (κ3) is 3.39. The average molecular weight is 283 g/mol. The topological polar surface area (TPSA) is 66.6 Å². The molecule has 3 N–H and O–H groups in total. The summed E-state index contributed by atoms with van der Waals surface area (Å²) in [5.41, 5.74) is 6.77. The van der Waals surface area contributed by atoms with Crippen LogP contribution in [0.15, 0.2) is 18.2 Å². The Balaban J connectivity index is 2.13. The molecule has 1 aromatic carbocycles. The van der Waals surface area contributed by atoms with Crippen LogP contribution in [0.4, 0.5) is 5.69 Å². The minimum Gasteiger partial charge on any atom is -0.399 e. The molecule has 19 heavy (non-hydrogen) atoms. The number of hydrogen-bond donors (Lipinski definition) is 2. The molecule has 1 atom stereocenters. The van der Waals surface area contributed by atoms with Crippen molar-refractivity contribution in [3.63, 3.8) is 0 Å². The largest absolute Gasteiger partial charge is 0.399 e. The van der Waals surface area contributed by atoms with Crippen LogP contribution in [-0.2, 0) is 0 Å². The van der Waals surface area contributed by atoms with Crippen molar-refractivity contribution in [3.05, 3.63) is 28.8 Å². The van der Waals surface area contributed by atoms with Gasteiger partial charge in [-0.3, -0.25) is 4.79 Å². The third-order valence-electron chi connectivity index (χ3n) is 3.50. The molecular weight excluding hydrogens is 264 g/mol. The van der Waals surface area contributed by atoms with Gasteiger partial charge in [0.2, 0.25) is 0 Å². The van der Waals surface area contributed by atoms with Crippen LogP contribution in [0.5, 0.6) is 0 Å². The maximum absolute atomic E-state index is 12.5. The lowest BCUT2D eigenvalue weighted by Crippen LogP contribution is -2.35. The summed E-state index contributed by atoms with van der Waals surface area (Å²) in [6.07, 6.45) is 3.59. The number of benzene rings is 1. The fourth-order valence-electron chi connectivity index (χ4n) is 2.63. The highest BCUT2D eigenvalue weighted by Gasteiger charge is 2.29. The molecule has 0 saturated carbocycles. The van der Waals surface area contributed by atoms with Gasteiger partial charge in [-0.05, 0) is 43.9 Å². The lowest BCUT2D eigenvalue weighted by Gasteiger charge is -2.24. The molecule has 1 aromatic rings. The lowest BCUT2D eigenvalue weighted by atomic mass is 10.1. The number of nitrogens with two attached hydrogens (primary N) is 1. The van der Waals surface area contributed by atoms with Crippen LogP contribution in [-0.4, -0.2) is 35.1 Å². The Bertz CT molecular complexity index is 445. The number of anilines is 1. The van der Waals surface area contributed by atoms with Gasteiger partial charge in [0.1, 0.15) is 0 Å². The number of carbonyl (C=O) groups is 1. The van der Waals surface area contributed by atoms with E-state index >= 15 is 0 Å². The molecule has 1 aliphatic heterocycles. The van der Waals surface area contributed by atoms with E-state index in [0.29, 0.717) is 16.3 Å². The molecule has 5 heteroatoms. The second-order valence-corrected chi connectivity index (χ2v) is 5.37. The molecule has 0 aromatic heterocycles. The molecule has 1 unspecified atom stereocenters. The molecule has 1 aliphatic rings. The molecule has 4 nitrogen and oxygen atoms in total. The van der Waals surface area contributed by atoms with Gasteiger partial charge in [0, 0.05) is 35.5 Å². The first-order chi connectivity index (χ1) is 9.11. The van der Waals surface area contributed by atoms with E-state index in [-0.39, 0.29) is 18.6 Å². The molecule has 104 valence electrons. The maximum atomic E-state index is 12.5. The molecule has 0 bridgehead atoms. The summed E-state index contributed by atoms with van der Waals surface area (Å²) in [7, 11) is 0. The van der Waals surface area contributed by atoms with Gasteiger partial charge >= 0.3 is 0 Å². The molecule has 1 amide bonds. The fraction of sp³-hybridized carbons (Fsp3) is 0.500. The summed E-state index contributed by atoms with van der Waals surface area (Å²) in [5.74, 6) is -0.0189. The standard InChI is InChI=1S/C14H19ClN2O2/c15-11-7-10(8-12(16)9-11)14(19)17-5-1-3-13(17)4-2-6-18/h7-9,13,18H,1-6,16H2. The predicted octanol–water partition coefficient (Wildman–Crippen LogP) is 2.30. The Kier molecular flexibility index (Phi) is 4.66. The first kappa shape index (κ1) is 14.2. The van der Waals surface area contributed by atoms with Crippen molar-refractivity contribution in [2.24, 2.45) is 0 Å². The first-order valence-corrected chi connectivity index (χ1v) is 6.97. The highest BCUT2D eigenvalue weighted by atomic mass is 35.5. The van der Waals surface area contributed by atoms with Crippen molar-refractivity contribution in [1.82, 2.24) is 4.90 Å². The van der Waals surface area contributed by atoms with Crippen LogP contribution in [0.3, 0.4) is 0 Å². The second-order valence-electron chi connectivity index (χ2n) is 4.93. The monoisotopic (exact) mass is 282 g/mol. The third-order valence-corrected chi connectivity index (χ3v) is 3.72. The number of halogens is 1. The Morgan fingerprint density at radius 2 is 2.26 bits per heavy atom. The Morgan fingerprint density at radius 3 is 2.95 bits per heavy atom. The molecule has 1 heterocycles. The van der Waals surface area contributed by atoms with E-state index in [0.717, 1.165) is 32.2 Å². The maximum Gasteiger partial charge on any atom is 0.254 e. The number of amides is 1. The fourth-order valence-corrected chi connectivity index (χ4v) is 2.88. The molecule has 0 radical (unpaired) electrons. The van der Waals surface area contributed by atoms with E-state index in [1.54, 1.807) is 18.2 Å². The lowest BCUT2D eigenvalue weighted by molar-refractivity contribution is 0.0724. The van der Waals surface area contributed by atoms with Crippen LogP contribution in [0.1, 0.15) is 36.0 Å². The van der Waals surface area contributed by atoms with E-state index < -0.39 is 0 Å². The number of aliphatic hydroxyl groups excluding tert-OH is 1. The highest BCUT2D eigenvalue weighted by Crippen LogP contribution is 2.25. The normalized spacial score (nSPS) is 18.8. The van der Waals surface area contributed by atoms with Crippen molar-refractivity contribution in [2.45, 2.75) is 31.7 Å². The Morgan fingerprint density at radius 1 is 1.47 bits per heavy atom. The summed E-state index contributed by atoms with van der Waals surface area (Å²) in [6, 6.07) is 5.17. The minimum atomic E-state index is -0.0189. The van der Waals surface area contributed by atoms with Crippen LogP contribution in [0.25, 0.3) is 0 Å². The molecule has 1 saturated heterocycles. The summed E-state index contributed by atoms with van der Waals surface area (Å²) in [4.78, 5) is 14.3. The quantitative estimate of drug-likeness (QED) is 0.833. The number of likely N-dealkylation sites (tertiary alicyclic amines) is 1. The van der Waals surface area contributed by atoms with Gasteiger partial charge in [0.15, 0.2) is 0 Å². The summed E-state index contributed by atoms with van der Waals surface area (Å²) in [6.45, 7) is 0.935. The zero-order chi connectivity index (χ0) is 13.8. The highest BCUT2D eigenvalue weighted by molar-refractivity contribution is 6.31. The number of nitrogens with zero attached hydrogens (tertiary/aromatic N) is 1. The van der Waals surface area contributed by atoms with E-state index in [2.05, 4.69) is 0 Å². The second kappa shape index (κ2) is 6.26. The number of nitrogen functional groups attached to an aromatic ring is 1. The zero-order valence-corrected chi connectivity index (χ0v) is 11.6. The van der Waals surface area contributed by atoms with E-state index in [1.807, 2.05) is 4.90 Å². The summed E-state index contributed by atoms with van der Waals surface area (Å²) >= 11 is 5.94. The molecule has 1 fully saturated rings. The number of hydrogen-bond acceptors (Lipinski definition) is 3. The summed E-state index contributed by atoms with van der Waals surface area (Å²) in [5, 5.41) is 9.38. The smallest absolute Gasteiger partial charge is 0.254 e. The van der Waals surface area contributed by atoms with Crippen molar-refractivity contribution in [2.75, 3.05) is 18.9 Å². The number of carbonyl (C=O) groups excluding carboxylic acids is 1. The Hall–Kier alpha value is -1.26. The van der Waals surface area contributed by atoms with E-state index in [1.165, 1.54) is 0 Å². The van der Waals surface area contributed by atoms with Crippen molar-refractivity contribution in [3.8, 4) is 0 Å². The van der Waals surface area contributed by atoms with E-state index in [4.69, 9.17) is 22.4 Å². The van der Waals surface area contributed by atoms with Crippen LogP contribution in [0.2, 0.25) is 5.02 Å². The number of rotatable bonds is 4. The van der Waals surface area contributed by atoms with Crippen LogP contribution >= 0.6 is 11.6 Å². The zero-order valence-electron chi connectivity index (χ0n) is 10.8. The number of aliphatic hydroxyl groups is 1. The van der Waals surface area contributed by atoms with Gasteiger partial charge in [-0.25, -0.2) is 0 Å². The van der Waals surface area contributed by atoms with Crippen LogP contribution in [0, 0.1) is 0 Å². The summed E-state index contributed by atoms with van der Waals surface area (Å²) < 4.78 is 0. The van der Waals surface area contributed by atoms with Crippen molar-refractivity contribution < 1.29 is 9.90 Å². The Labute approximate surface area is 118 Å². The molecule has 0 aliphatic carbocycles. The van der Waals surface area contributed by atoms with Gasteiger partial charge in [0.05, 0.1) is 0 Å². The van der Waals surface area contributed by atoms with Crippen LogP contribution < -0.4 is 5.73 Å². The molecular formula is C14H19ClN2O2. The minimum absolute atomic E-state index is 0.0189. The average Bonchev–Trinajstić information content (AvgIpc) is 2.82. The van der Waals surface area contributed by atoms with Crippen molar-refractivity contribution in [1.29, 1.82) is 0 Å². The first-order valence-electron chi connectivity index (χ1n) is 6.59. The van der Waals surface area contributed by atoms with Gasteiger partial charge < -0.3 is 15.7 Å². The molecule has 0 spiro atoms. The van der Waals surface area contributed by atoms with E-state index in [9.17, 15) is 4.79 Å². The molecule has 2 rings (SSSR count). The van der Waals surface area contributed by atoms with Gasteiger partial charge in [-0.15, -0.1) is 0 Å². The van der Waals surface area contributed by atoms with Gasteiger partial charge in [-0.2, -0.15) is 0 Å². The van der Waals surface area contributed by atoms with Gasteiger partial charge in [-0.1, -0.05) is 11.6 Å². The predicted molar refractivity (Wildman–Crippen MR) is 76.2 cm³/mol. The SMILES string of the molecule is Nc1cc(Cl)cc(C(=O)N2CCCC2CCCO)c1. The van der Waals surface area contributed by atoms with Gasteiger partial charge in [0.25, 0.3) is 5.91 Å².